The van der Waals surface area contributed by atoms with Crippen molar-refractivity contribution in [1.29, 1.82) is 0 Å². The Morgan fingerprint density at radius 1 is 0.778 bits per heavy atom. The highest BCUT2D eigenvalue weighted by Gasteiger charge is 2.26. The second kappa shape index (κ2) is 6.94. The van der Waals surface area contributed by atoms with Gasteiger partial charge in [-0.2, -0.15) is 0 Å². The van der Waals surface area contributed by atoms with Gasteiger partial charge in [0, 0.05) is 16.8 Å². The first-order valence-corrected chi connectivity index (χ1v) is 12.8. The van der Waals surface area contributed by atoms with Crippen LogP contribution < -0.4 is 4.57 Å². The van der Waals surface area contributed by atoms with Crippen molar-refractivity contribution in [1.82, 2.24) is 4.40 Å². The molecule has 3 heterocycles. The number of hydrogen-bond donors (Lipinski definition) is 0. The fraction of sp³-hybridized carbons (Fsp3) is 0.242. The monoisotopic (exact) mass is 473 g/mol. The van der Waals surface area contributed by atoms with E-state index in [0.29, 0.717) is 0 Å². The first-order valence-electron chi connectivity index (χ1n) is 12.8. The van der Waals surface area contributed by atoms with Gasteiger partial charge in [0.05, 0.1) is 27.3 Å². The van der Waals surface area contributed by atoms with Crippen LogP contribution in [0.2, 0.25) is 0 Å². The third-order valence-corrected chi connectivity index (χ3v) is 8.05. The summed E-state index contributed by atoms with van der Waals surface area (Å²) >= 11 is 0. The average molecular weight is 474 g/mol. The lowest BCUT2D eigenvalue weighted by Gasteiger charge is -2.20. The Hall–Kier alpha value is -3.72. The van der Waals surface area contributed by atoms with Crippen molar-refractivity contribution in [2.24, 2.45) is 12.5 Å². The second-order valence-electron chi connectivity index (χ2n) is 11.8. The molecule has 2 nitrogen and oxygen atoms in total. The summed E-state index contributed by atoms with van der Waals surface area (Å²) in [4.78, 5) is 0. The highest BCUT2D eigenvalue weighted by molar-refractivity contribution is 6.28. The third kappa shape index (κ3) is 2.74. The predicted molar refractivity (Wildman–Crippen MR) is 150 cm³/mol. The van der Waals surface area contributed by atoms with Crippen molar-refractivity contribution >= 4 is 59.8 Å². The molecule has 7 aromatic rings. The van der Waals surface area contributed by atoms with E-state index in [4.69, 9.17) is 0 Å². The third-order valence-electron chi connectivity index (χ3n) is 8.05. The van der Waals surface area contributed by atoms with Crippen LogP contribution in [0.5, 0.6) is 0 Å². The number of hydrogen-bond acceptors (Lipinski definition) is 0. The van der Waals surface area contributed by atoms with Gasteiger partial charge in [-0.15, -0.1) is 0 Å². The molecule has 0 fully saturated rings. The quantitative estimate of drug-likeness (QED) is 0.129. The minimum atomic E-state index is -0.203. The van der Waals surface area contributed by atoms with Crippen LogP contribution in [-0.4, -0.2) is 4.40 Å². The molecule has 0 amide bonds. The summed E-state index contributed by atoms with van der Waals surface area (Å²) in [7, 11) is 2.14. The molecule has 4 aromatic carbocycles. The van der Waals surface area contributed by atoms with Gasteiger partial charge in [0.25, 0.3) is 0 Å². The lowest BCUT2D eigenvalue weighted by molar-refractivity contribution is -0.643. The molecule has 0 aliphatic rings. The maximum absolute atomic E-state index is 14.6. The summed E-state index contributed by atoms with van der Waals surface area (Å²) in [5, 5.41) is 8.55. The summed E-state index contributed by atoms with van der Waals surface area (Å²) in [6.07, 6.45) is 3.20. The van der Waals surface area contributed by atoms with Crippen molar-refractivity contribution in [2.75, 3.05) is 0 Å². The van der Waals surface area contributed by atoms with Crippen LogP contribution in [0.25, 0.3) is 59.8 Å². The Kier molecular flexibility index (Phi) is 4.16. The number of pyridine rings is 2. The molecule has 0 aliphatic heterocycles. The number of aromatic nitrogens is 2. The van der Waals surface area contributed by atoms with E-state index in [1.165, 1.54) is 65.6 Å². The number of nitrogens with zero attached hydrogens (tertiary/aromatic N) is 2. The standard InChI is InChI=1S/C33H30FN2/c1-18-26-15-20(17-33(3,4)5)7-10-23(26)19(2)30-28(18)32-29-21(13-14-35(32)6)8-11-25-24-12-9-22(34)16-27(24)36(30)31(25)29/h7-16H,17H2,1-6H3/q+1. The van der Waals surface area contributed by atoms with Gasteiger partial charge < -0.3 is 4.40 Å². The lowest BCUT2D eigenvalue weighted by atomic mass is 9.86. The average Bonchev–Trinajstić information content (AvgIpc) is 3.15. The molecular formula is C33H30FN2+. The normalized spacial score (nSPS) is 13.0. The van der Waals surface area contributed by atoms with Gasteiger partial charge in [0.15, 0.2) is 6.20 Å². The van der Waals surface area contributed by atoms with Crippen molar-refractivity contribution in [3.8, 4) is 0 Å². The molecule has 178 valence electrons. The van der Waals surface area contributed by atoms with E-state index >= 15 is 0 Å². The lowest BCUT2D eigenvalue weighted by Crippen LogP contribution is -2.29. The minimum absolute atomic E-state index is 0.203. The fourth-order valence-corrected chi connectivity index (χ4v) is 6.61. The van der Waals surface area contributed by atoms with Gasteiger partial charge in [-0.1, -0.05) is 51.1 Å². The van der Waals surface area contributed by atoms with Gasteiger partial charge in [0.2, 0.25) is 5.52 Å². The smallest absolute Gasteiger partial charge is 0.224 e. The molecule has 0 N–H and O–H groups in total. The highest BCUT2D eigenvalue weighted by Crippen LogP contribution is 2.44. The zero-order chi connectivity index (χ0) is 25.1. The van der Waals surface area contributed by atoms with Gasteiger partial charge in [-0.05, 0) is 76.7 Å². The first kappa shape index (κ1) is 21.6. The van der Waals surface area contributed by atoms with Gasteiger partial charge in [-0.3, -0.25) is 0 Å². The highest BCUT2D eigenvalue weighted by atomic mass is 19.1. The number of benzene rings is 4. The Bertz CT molecular complexity index is 2040. The molecule has 3 aromatic heterocycles. The maximum atomic E-state index is 14.6. The molecule has 7 rings (SSSR count). The van der Waals surface area contributed by atoms with Crippen LogP contribution >= 0.6 is 0 Å². The van der Waals surface area contributed by atoms with Gasteiger partial charge >= 0.3 is 0 Å². The SMILES string of the molecule is Cc1c2cc(CC(C)(C)C)ccc2c(C)c2c1c1c3c(ccc4c5ccc(F)cc5n2c43)cc[n+]1C. The van der Waals surface area contributed by atoms with Crippen LogP contribution in [0, 0.1) is 25.1 Å². The summed E-state index contributed by atoms with van der Waals surface area (Å²) in [5.74, 6) is -0.203. The molecule has 0 unspecified atom stereocenters. The summed E-state index contributed by atoms with van der Waals surface area (Å²) in [6, 6.07) is 18.8. The number of aryl methyl sites for hydroxylation is 3. The van der Waals surface area contributed by atoms with Crippen molar-refractivity contribution < 1.29 is 8.96 Å². The maximum Gasteiger partial charge on any atom is 0.224 e. The van der Waals surface area contributed by atoms with Crippen LogP contribution in [0.1, 0.15) is 37.5 Å². The van der Waals surface area contributed by atoms with E-state index in [0.717, 1.165) is 17.3 Å². The van der Waals surface area contributed by atoms with Gasteiger partial charge in [0.1, 0.15) is 12.9 Å². The van der Waals surface area contributed by atoms with E-state index in [1.807, 2.05) is 6.07 Å². The van der Waals surface area contributed by atoms with Gasteiger partial charge in [-0.25, -0.2) is 8.96 Å². The summed E-state index contributed by atoms with van der Waals surface area (Å²) in [5.41, 5.74) is 8.64. The molecule has 0 saturated heterocycles. The zero-order valence-corrected chi connectivity index (χ0v) is 21.8. The number of halogens is 1. The summed E-state index contributed by atoms with van der Waals surface area (Å²) < 4.78 is 19.2. The molecular weight excluding hydrogens is 443 g/mol. The van der Waals surface area contributed by atoms with Crippen LogP contribution in [0.3, 0.4) is 0 Å². The number of fused-ring (bicyclic) bond motifs is 7. The van der Waals surface area contributed by atoms with E-state index in [9.17, 15) is 4.39 Å². The molecule has 3 heteroatoms. The fourth-order valence-electron chi connectivity index (χ4n) is 6.61. The summed E-state index contributed by atoms with van der Waals surface area (Å²) in [6.45, 7) is 11.4. The van der Waals surface area contributed by atoms with Crippen LogP contribution in [0.4, 0.5) is 4.39 Å². The van der Waals surface area contributed by atoms with E-state index in [1.54, 1.807) is 12.1 Å². The van der Waals surface area contributed by atoms with Crippen molar-refractivity contribution in [3.05, 3.63) is 83.3 Å². The Morgan fingerprint density at radius 3 is 2.31 bits per heavy atom. The Morgan fingerprint density at radius 2 is 1.53 bits per heavy atom. The van der Waals surface area contributed by atoms with Crippen LogP contribution in [0.15, 0.2) is 60.8 Å². The Balaban J connectivity index is 1.81. The first-order chi connectivity index (χ1) is 17.1. The Labute approximate surface area is 209 Å². The van der Waals surface area contributed by atoms with E-state index < -0.39 is 0 Å². The predicted octanol–water partition coefficient (Wildman–Crippen LogP) is 8.31. The minimum Gasteiger partial charge on any atom is -0.307 e. The molecule has 36 heavy (non-hydrogen) atoms. The topological polar surface area (TPSA) is 8.29 Å². The molecule has 0 radical (unpaired) electrons. The van der Waals surface area contributed by atoms with E-state index in [2.05, 4.69) is 93.2 Å². The molecule has 0 atom stereocenters. The number of rotatable bonds is 1. The van der Waals surface area contributed by atoms with E-state index in [-0.39, 0.29) is 11.2 Å². The molecule has 0 saturated carbocycles. The van der Waals surface area contributed by atoms with Crippen molar-refractivity contribution in [2.45, 2.75) is 41.0 Å². The molecule has 0 spiro atoms. The van der Waals surface area contributed by atoms with Crippen LogP contribution in [-0.2, 0) is 13.5 Å². The molecule has 0 bridgehead atoms. The second-order valence-corrected chi connectivity index (χ2v) is 11.8. The van der Waals surface area contributed by atoms with Crippen molar-refractivity contribution in [3.63, 3.8) is 0 Å². The molecule has 0 aliphatic carbocycles. The largest absolute Gasteiger partial charge is 0.307 e. The zero-order valence-electron chi connectivity index (χ0n) is 21.8.